The Labute approximate surface area is 90.2 Å². The molecule has 3 N–H and O–H groups in total. The summed E-state index contributed by atoms with van der Waals surface area (Å²) in [6.07, 6.45) is 1.43. The van der Waals surface area contributed by atoms with Gasteiger partial charge in [-0.05, 0) is 25.4 Å². The maximum absolute atomic E-state index is 11.3. The molecular weight excluding hydrogens is 196 g/mol. The van der Waals surface area contributed by atoms with E-state index in [1.807, 2.05) is 0 Å². The first kappa shape index (κ1) is 12.4. The second-order valence-corrected chi connectivity index (χ2v) is 3.77. The lowest BCUT2D eigenvalue weighted by atomic mass is 9.99. The fourth-order valence-corrected chi connectivity index (χ4v) is 1.40. The highest BCUT2D eigenvalue weighted by Crippen LogP contribution is 2.07. The smallest absolute Gasteiger partial charge is 0.220 e. The highest BCUT2D eigenvalue weighted by molar-refractivity contribution is 5.76. The van der Waals surface area contributed by atoms with Crippen LogP contribution in [0.5, 0.6) is 0 Å². The second-order valence-electron chi connectivity index (χ2n) is 3.77. The van der Waals surface area contributed by atoms with Gasteiger partial charge in [-0.25, -0.2) is 0 Å². The summed E-state index contributed by atoms with van der Waals surface area (Å²) < 4.78 is 5.07. The van der Waals surface area contributed by atoms with Crippen LogP contribution < -0.4 is 10.6 Å². The minimum atomic E-state index is 0.0566. The fraction of sp³-hybridized carbons (Fsp3) is 0.900. The van der Waals surface area contributed by atoms with Crippen LogP contribution in [0.4, 0.5) is 0 Å². The van der Waals surface area contributed by atoms with Crippen LogP contribution in [-0.4, -0.2) is 50.5 Å². The molecule has 0 aromatic heterocycles. The Bertz CT molecular complexity index is 184. The van der Waals surface area contributed by atoms with Gasteiger partial charge >= 0.3 is 0 Å². The Kier molecular flexibility index (Phi) is 6.31. The Morgan fingerprint density at radius 2 is 2.27 bits per heavy atom. The molecule has 5 nitrogen and oxygen atoms in total. The maximum Gasteiger partial charge on any atom is 0.220 e. The molecule has 0 radical (unpaired) electrons. The second kappa shape index (κ2) is 7.62. The van der Waals surface area contributed by atoms with E-state index < -0.39 is 0 Å². The van der Waals surface area contributed by atoms with Crippen molar-refractivity contribution in [3.05, 3.63) is 0 Å². The summed E-state index contributed by atoms with van der Waals surface area (Å²) in [6, 6.07) is 0. The van der Waals surface area contributed by atoms with Gasteiger partial charge in [-0.15, -0.1) is 0 Å². The number of aliphatic hydroxyl groups excluding tert-OH is 1. The molecule has 0 bridgehead atoms. The van der Waals surface area contributed by atoms with Crippen molar-refractivity contribution < 1.29 is 14.6 Å². The van der Waals surface area contributed by atoms with Crippen molar-refractivity contribution in [2.45, 2.75) is 12.8 Å². The Balaban J connectivity index is 1.83. The number of carbonyl (C=O) groups is 1. The number of ether oxygens (including phenoxy) is 1. The molecule has 1 heterocycles. The van der Waals surface area contributed by atoms with Crippen molar-refractivity contribution in [1.29, 1.82) is 0 Å². The van der Waals surface area contributed by atoms with Crippen molar-refractivity contribution in [3.63, 3.8) is 0 Å². The molecule has 0 aromatic carbocycles. The van der Waals surface area contributed by atoms with E-state index >= 15 is 0 Å². The summed E-state index contributed by atoms with van der Waals surface area (Å²) in [5, 5.41) is 14.4. The van der Waals surface area contributed by atoms with Crippen LogP contribution in [0.25, 0.3) is 0 Å². The summed E-state index contributed by atoms with van der Waals surface area (Å²) in [4.78, 5) is 11.3. The number of aliphatic hydroxyl groups is 1. The molecule has 0 aromatic rings. The van der Waals surface area contributed by atoms with Gasteiger partial charge in [-0.1, -0.05) is 0 Å². The third-order valence-electron chi connectivity index (χ3n) is 2.36. The van der Waals surface area contributed by atoms with Crippen LogP contribution in [0.1, 0.15) is 12.8 Å². The van der Waals surface area contributed by atoms with Crippen molar-refractivity contribution in [2.24, 2.45) is 5.92 Å². The molecule has 1 aliphatic rings. The van der Waals surface area contributed by atoms with Crippen LogP contribution in [0.3, 0.4) is 0 Å². The fourth-order valence-electron chi connectivity index (χ4n) is 1.40. The quantitative estimate of drug-likeness (QED) is 0.460. The summed E-state index contributed by atoms with van der Waals surface area (Å²) in [5.74, 6) is 0.652. The molecule has 88 valence electrons. The first-order valence-corrected chi connectivity index (χ1v) is 5.49. The molecule has 0 spiro atoms. The van der Waals surface area contributed by atoms with Gasteiger partial charge in [0.25, 0.3) is 0 Å². The number of carbonyl (C=O) groups excluding carboxylic acids is 1. The van der Waals surface area contributed by atoms with E-state index in [0.717, 1.165) is 19.5 Å². The maximum atomic E-state index is 11.3. The molecule has 1 aliphatic heterocycles. The van der Waals surface area contributed by atoms with E-state index in [2.05, 4.69) is 10.6 Å². The minimum Gasteiger partial charge on any atom is -0.394 e. The number of rotatable bonds is 8. The number of hydrogen-bond acceptors (Lipinski definition) is 4. The third kappa shape index (κ3) is 5.71. The van der Waals surface area contributed by atoms with E-state index in [1.165, 1.54) is 0 Å². The lowest BCUT2D eigenvalue weighted by Gasteiger charge is -2.26. The molecule has 1 fully saturated rings. The van der Waals surface area contributed by atoms with Gasteiger partial charge < -0.3 is 20.5 Å². The van der Waals surface area contributed by atoms with Crippen LogP contribution in [0, 0.1) is 5.92 Å². The summed E-state index contributed by atoms with van der Waals surface area (Å²) in [7, 11) is 0. The van der Waals surface area contributed by atoms with E-state index in [1.54, 1.807) is 0 Å². The Hall–Kier alpha value is -0.650. The molecule has 5 heteroatoms. The van der Waals surface area contributed by atoms with Gasteiger partial charge in [-0.2, -0.15) is 0 Å². The Morgan fingerprint density at radius 3 is 2.87 bits per heavy atom. The molecule has 1 amide bonds. The third-order valence-corrected chi connectivity index (χ3v) is 2.36. The highest BCUT2D eigenvalue weighted by atomic mass is 16.5. The summed E-state index contributed by atoms with van der Waals surface area (Å²) in [6.45, 7) is 3.61. The SMILES string of the molecule is O=C(CC1CNC1)NCCCOCCO. The predicted molar refractivity (Wildman–Crippen MR) is 56.5 cm³/mol. The first-order valence-electron chi connectivity index (χ1n) is 5.49. The van der Waals surface area contributed by atoms with E-state index in [4.69, 9.17) is 9.84 Å². The zero-order chi connectivity index (χ0) is 10.9. The van der Waals surface area contributed by atoms with E-state index in [9.17, 15) is 4.79 Å². The molecule has 0 atom stereocenters. The predicted octanol–water partition coefficient (Wildman–Crippen LogP) is -0.889. The topological polar surface area (TPSA) is 70.6 Å². The number of hydrogen-bond donors (Lipinski definition) is 3. The number of nitrogens with one attached hydrogen (secondary N) is 2. The lowest BCUT2D eigenvalue weighted by Crippen LogP contribution is -2.44. The van der Waals surface area contributed by atoms with Crippen LogP contribution in [-0.2, 0) is 9.53 Å². The Morgan fingerprint density at radius 1 is 1.47 bits per heavy atom. The standard InChI is InChI=1S/C10H20N2O3/c13-3-5-15-4-1-2-12-10(14)6-9-7-11-8-9/h9,11,13H,1-8H2,(H,12,14). The lowest BCUT2D eigenvalue weighted by molar-refractivity contribution is -0.122. The molecule has 1 rings (SSSR count). The van der Waals surface area contributed by atoms with E-state index in [0.29, 0.717) is 32.1 Å². The molecule has 15 heavy (non-hydrogen) atoms. The van der Waals surface area contributed by atoms with E-state index in [-0.39, 0.29) is 12.5 Å². The van der Waals surface area contributed by atoms with Gasteiger partial charge in [0.15, 0.2) is 0 Å². The van der Waals surface area contributed by atoms with Crippen LogP contribution >= 0.6 is 0 Å². The zero-order valence-corrected chi connectivity index (χ0v) is 9.00. The molecular formula is C10H20N2O3. The van der Waals surface area contributed by atoms with Crippen molar-refractivity contribution in [1.82, 2.24) is 10.6 Å². The van der Waals surface area contributed by atoms with Crippen molar-refractivity contribution >= 4 is 5.91 Å². The van der Waals surface area contributed by atoms with Gasteiger partial charge in [0.2, 0.25) is 5.91 Å². The molecule has 1 saturated heterocycles. The van der Waals surface area contributed by atoms with Gasteiger partial charge in [0.1, 0.15) is 0 Å². The first-order chi connectivity index (χ1) is 7.33. The zero-order valence-electron chi connectivity index (χ0n) is 9.00. The summed E-state index contributed by atoms with van der Waals surface area (Å²) >= 11 is 0. The normalized spacial score (nSPS) is 16.1. The van der Waals surface area contributed by atoms with Gasteiger partial charge in [-0.3, -0.25) is 4.79 Å². The van der Waals surface area contributed by atoms with Gasteiger partial charge in [0, 0.05) is 19.6 Å². The minimum absolute atomic E-state index is 0.0566. The van der Waals surface area contributed by atoms with Crippen LogP contribution in [0.15, 0.2) is 0 Å². The monoisotopic (exact) mass is 216 g/mol. The van der Waals surface area contributed by atoms with Crippen molar-refractivity contribution in [2.75, 3.05) is 39.5 Å². The largest absolute Gasteiger partial charge is 0.394 e. The summed E-state index contributed by atoms with van der Waals surface area (Å²) in [5.41, 5.74) is 0. The van der Waals surface area contributed by atoms with Crippen molar-refractivity contribution in [3.8, 4) is 0 Å². The highest BCUT2D eigenvalue weighted by Gasteiger charge is 2.19. The molecule has 0 saturated carbocycles. The van der Waals surface area contributed by atoms with Crippen LogP contribution in [0.2, 0.25) is 0 Å². The average Bonchev–Trinajstić information content (AvgIpc) is 2.17. The van der Waals surface area contributed by atoms with Gasteiger partial charge in [0.05, 0.1) is 13.2 Å². The number of amides is 1. The molecule has 0 aliphatic carbocycles. The molecule has 0 unspecified atom stereocenters. The average molecular weight is 216 g/mol.